The van der Waals surface area contributed by atoms with Crippen molar-refractivity contribution in [2.75, 3.05) is 6.61 Å². The van der Waals surface area contributed by atoms with E-state index in [1.807, 2.05) is 0 Å². The lowest BCUT2D eigenvalue weighted by atomic mass is 10.2. The van der Waals surface area contributed by atoms with Crippen molar-refractivity contribution in [2.45, 2.75) is 33.1 Å². The number of carbonyl (C=O) groups excluding carboxylic acids is 1. The van der Waals surface area contributed by atoms with Gasteiger partial charge in [0.2, 0.25) is 11.2 Å². The van der Waals surface area contributed by atoms with Crippen molar-refractivity contribution < 1.29 is 36.6 Å². The molecule has 3 rings (SSSR count). The van der Waals surface area contributed by atoms with Gasteiger partial charge in [0.05, 0.1) is 12.0 Å². The van der Waals surface area contributed by atoms with Crippen LogP contribution in [0.4, 0.5) is 13.2 Å². The number of halogens is 3. The first kappa shape index (κ1) is 22.2. The highest BCUT2D eigenvalue weighted by Gasteiger charge is 2.40. The molecule has 0 aliphatic heterocycles. The standard InChI is InChI=1S/C22H19F3O6/c1-4-28-21(27)13(3)29-15-9-10-16-17(11-15)31-20(22(23,24)25)19(18(16)26)30-14-7-5-12(2)6-8-14/h5-11,13H,4H2,1-3H3/t13-/m0/s1. The van der Waals surface area contributed by atoms with Gasteiger partial charge >= 0.3 is 12.1 Å². The molecular formula is C22H19F3O6. The van der Waals surface area contributed by atoms with Crippen molar-refractivity contribution >= 4 is 16.9 Å². The van der Waals surface area contributed by atoms with E-state index < -0.39 is 35.2 Å². The van der Waals surface area contributed by atoms with E-state index in [4.69, 9.17) is 18.6 Å². The molecule has 0 amide bonds. The minimum absolute atomic E-state index is 0.0385. The van der Waals surface area contributed by atoms with Crippen LogP contribution in [-0.4, -0.2) is 18.7 Å². The van der Waals surface area contributed by atoms with Gasteiger partial charge < -0.3 is 18.6 Å². The number of hydrogen-bond acceptors (Lipinski definition) is 6. The highest BCUT2D eigenvalue weighted by atomic mass is 19.4. The molecule has 0 spiro atoms. The molecule has 1 heterocycles. The Balaban J connectivity index is 2.05. The first-order chi connectivity index (χ1) is 14.6. The van der Waals surface area contributed by atoms with Gasteiger partial charge in [-0.2, -0.15) is 13.2 Å². The third kappa shape index (κ3) is 4.99. The molecule has 0 aliphatic carbocycles. The number of aryl methyl sites for hydroxylation is 1. The molecule has 0 unspecified atom stereocenters. The largest absolute Gasteiger partial charge is 0.479 e. The minimum Gasteiger partial charge on any atom is -0.479 e. The van der Waals surface area contributed by atoms with Crippen LogP contribution < -0.4 is 14.9 Å². The quantitative estimate of drug-likeness (QED) is 0.492. The van der Waals surface area contributed by atoms with Gasteiger partial charge in [0, 0.05) is 6.07 Å². The highest BCUT2D eigenvalue weighted by Crippen LogP contribution is 2.38. The Hall–Kier alpha value is -3.49. The van der Waals surface area contributed by atoms with Crippen LogP contribution in [0.2, 0.25) is 0 Å². The Bertz CT molecular complexity index is 1150. The lowest BCUT2D eigenvalue weighted by Gasteiger charge is -2.15. The van der Waals surface area contributed by atoms with Crippen LogP contribution in [0.15, 0.2) is 51.7 Å². The molecule has 164 valence electrons. The Morgan fingerprint density at radius 3 is 2.35 bits per heavy atom. The van der Waals surface area contributed by atoms with Crippen LogP contribution >= 0.6 is 0 Å². The van der Waals surface area contributed by atoms with Crippen molar-refractivity contribution in [3.63, 3.8) is 0 Å². The molecule has 0 saturated heterocycles. The second kappa shape index (κ2) is 8.71. The summed E-state index contributed by atoms with van der Waals surface area (Å²) in [5.74, 6) is -3.07. The van der Waals surface area contributed by atoms with Gasteiger partial charge in [-0.3, -0.25) is 4.79 Å². The second-order valence-corrected chi connectivity index (χ2v) is 6.67. The summed E-state index contributed by atoms with van der Waals surface area (Å²) in [6.07, 6.45) is -5.99. The van der Waals surface area contributed by atoms with Crippen LogP contribution in [0.25, 0.3) is 11.0 Å². The maximum atomic E-state index is 13.6. The van der Waals surface area contributed by atoms with E-state index in [9.17, 15) is 22.8 Å². The predicted molar refractivity (Wildman–Crippen MR) is 105 cm³/mol. The Kier molecular flexibility index (Phi) is 6.24. The summed E-state index contributed by atoms with van der Waals surface area (Å²) in [7, 11) is 0. The molecule has 2 aromatic carbocycles. The van der Waals surface area contributed by atoms with Gasteiger partial charge in [0.15, 0.2) is 6.10 Å². The first-order valence-electron chi connectivity index (χ1n) is 9.36. The van der Waals surface area contributed by atoms with E-state index in [1.54, 1.807) is 26.0 Å². The molecule has 9 heteroatoms. The predicted octanol–water partition coefficient (Wildman–Crippen LogP) is 5.24. The van der Waals surface area contributed by atoms with E-state index in [0.29, 0.717) is 0 Å². The summed E-state index contributed by atoms with van der Waals surface area (Å²) in [6, 6.07) is 9.88. The zero-order valence-corrected chi connectivity index (χ0v) is 16.9. The van der Waals surface area contributed by atoms with Gasteiger partial charge in [0.25, 0.3) is 5.76 Å². The van der Waals surface area contributed by atoms with Crippen LogP contribution in [0, 0.1) is 6.92 Å². The molecule has 0 fully saturated rings. The number of benzene rings is 2. The van der Waals surface area contributed by atoms with Gasteiger partial charge in [-0.05, 0) is 45.0 Å². The third-order valence-electron chi connectivity index (χ3n) is 4.25. The Labute approximate surface area is 175 Å². The normalized spacial score (nSPS) is 12.5. The number of hydrogen-bond donors (Lipinski definition) is 0. The fourth-order valence-corrected chi connectivity index (χ4v) is 2.75. The van der Waals surface area contributed by atoms with Crippen LogP contribution in [0.3, 0.4) is 0 Å². The molecule has 0 aliphatic rings. The zero-order valence-electron chi connectivity index (χ0n) is 16.9. The Morgan fingerprint density at radius 2 is 1.74 bits per heavy atom. The van der Waals surface area contributed by atoms with Gasteiger partial charge in [-0.15, -0.1) is 0 Å². The topological polar surface area (TPSA) is 75.0 Å². The van der Waals surface area contributed by atoms with Crippen molar-refractivity contribution in [1.29, 1.82) is 0 Å². The van der Waals surface area contributed by atoms with Crippen molar-refractivity contribution in [3.05, 3.63) is 64.0 Å². The van der Waals surface area contributed by atoms with Crippen molar-refractivity contribution in [3.8, 4) is 17.2 Å². The molecule has 1 aromatic heterocycles. The molecule has 0 radical (unpaired) electrons. The van der Waals surface area contributed by atoms with Gasteiger partial charge in [-0.1, -0.05) is 17.7 Å². The molecule has 3 aromatic rings. The van der Waals surface area contributed by atoms with E-state index in [-0.39, 0.29) is 29.1 Å². The Morgan fingerprint density at radius 1 is 1.10 bits per heavy atom. The van der Waals surface area contributed by atoms with Crippen molar-refractivity contribution in [2.24, 2.45) is 0 Å². The fourth-order valence-electron chi connectivity index (χ4n) is 2.75. The molecule has 6 nitrogen and oxygen atoms in total. The third-order valence-corrected chi connectivity index (χ3v) is 4.25. The average Bonchev–Trinajstić information content (AvgIpc) is 2.70. The molecule has 0 N–H and O–H groups in total. The lowest BCUT2D eigenvalue weighted by Crippen LogP contribution is -2.26. The molecule has 0 bridgehead atoms. The number of rotatable bonds is 6. The van der Waals surface area contributed by atoms with Crippen LogP contribution in [0.1, 0.15) is 25.2 Å². The number of fused-ring (bicyclic) bond motifs is 1. The first-order valence-corrected chi connectivity index (χ1v) is 9.36. The molecule has 31 heavy (non-hydrogen) atoms. The van der Waals surface area contributed by atoms with E-state index in [2.05, 4.69) is 0 Å². The average molecular weight is 436 g/mol. The molecular weight excluding hydrogens is 417 g/mol. The van der Waals surface area contributed by atoms with E-state index in [1.165, 1.54) is 31.2 Å². The monoisotopic (exact) mass is 436 g/mol. The summed E-state index contributed by atoms with van der Waals surface area (Å²) in [5, 5.41) is -0.133. The van der Waals surface area contributed by atoms with Gasteiger partial charge in [0.1, 0.15) is 17.1 Å². The van der Waals surface area contributed by atoms with Crippen LogP contribution in [0.5, 0.6) is 17.2 Å². The summed E-state index contributed by atoms with van der Waals surface area (Å²) in [6.45, 7) is 5.01. The van der Waals surface area contributed by atoms with Crippen LogP contribution in [-0.2, 0) is 15.7 Å². The van der Waals surface area contributed by atoms with Crippen molar-refractivity contribution in [1.82, 2.24) is 0 Å². The summed E-state index contributed by atoms with van der Waals surface area (Å²) in [5.41, 5.74) is -0.472. The van der Waals surface area contributed by atoms with E-state index in [0.717, 1.165) is 11.6 Å². The molecule has 0 saturated carbocycles. The number of alkyl halides is 3. The maximum absolute atomic E-state index is 13.6. The fraction of sp³-hybridized carbons (Fsp3) is 0.273. The SMILES string of the molecule is CCOC(=O)[C@H](C)Oc1ccc2c(=O)c(Oc3ccc(C)cc3)c(C(F)(F)F)oc2c1. The summed E-state index contributed by atoms with van der Waals surface area (Å²) in [4.78, 5) is 24.5. The zero-order chi connectivity index (χ0) is 22.8. The minimum atomic E-state index is -4.98. The molecule has 1 atom stereocenters. The smallest absolute Gasteiger partial charge is 0.453 e. The summed E-state index contributed by atoms with van der Waals surface area (Å²) >= 11 is 0. The maximum Gasteiger partial charge on any atom is 0.453 e. The number of esters is 1. The lowest BCUT2D eigenvalue weighted by molar-refractivity contribution is -0.154. The highest BCUT2D eigenvalue weighted by molar-refractivity contribution is 5.80. The second-order valence-electron chi connectivity index (χ2n) is 6.67. The number of ether oxygens (including phenoxy) is 3. The number of carbonyl (C=O) groups is 1. The summed E-state index contributed by atoms with van der Waals surface area (Å²) < 4.78 is 61.4. The van der Waals surface area contributed by atoms with Gasteiger partial charge in [-0.25, -0.2) is 4.79 Å². The van der Waals surface area contributed by atoms with E-state index >= 15 is 0 Å².